The molecule has 0 saturated heterocycles. The van der Waals surface area contributed by atoms with Crippen molar-refractivity contribution in [3.8, 4) is 0 Å². The van der Waals surface area contributed by atoms with Crippen molar-refractivity contribution in [2.75, 3.05) is 36.5 Å². The fourth-order valence-electron chi connectivity index (χ4n) is 9.70. The second-order valence-electron chi connectivity index (χ2n) is 19.8. The van der Waals surface area contributed by atoms with Crippen LogP contribution in [-0.4, -0.2) is 116 Å². The predicted octanol–water partition coefficient (Wildman–Crippen LogP) is -3.03. The molecule has 4 aromatic carbocycles. The summed E-state index contributed by atoms with van der Waals surface area (Å²) in [5.74, 6) is -0.589. The number of anilines is 1. The van der Waals surface area contributed by atoms with Gasteiger partial charge in [0, 0.05) is 79.1 Å². The number of fused-ring (bicyclic) bond motifs is 2. The van der Waals surface area contributed by atoms with Crippen molar-refractivity contribution in [3.63, 3.8) is 0 Å². The second-order valence-corrected chi connectivity index (χ2v) is 23.7. The summed E-state index contributed by atoms with van der Waals surface area (Å²) in [4.78, 5) is 13.4. The van der Waals surface area contributed by atoms with Gasteiger partial charge in [0.2, 0.25) is 5.69 Å². The number of allylic oxidation sites excluding steroid dienone is 11. The topological polar surface area (TPSA) is 275 Å². The van der Waals surface area contributed by atoms with Crippen LogP contribution in [0.4, 0.5) is 22.7 Å². The number of hydrogen-bond donors (Lipinski definition) is 2. The number of nitrogens with one attached hydrogen (secondary N) is 2. The van der Waals surface area contributed by atoms with Crippen molar-refractivity contribution in [3.05, 3.63) is 193 Å². The van der Waals surface area contributed by atoms with Crippen molar-refractivity contribution in [1.82, 2.24) is 0 Å². The largest absolute Gasteiger partial charge is 1.00 e. The molecule has 2 aliphatic heterocycles. The average Bonchev–Trinajstić information content (AvgIpc) is 1.63. The molecule has 7 rings (SSSR count). The van der Waals surface area contributed by atoms with Crippen LogP contribution in [0.3, 0.4) is 0 Å². The number of nitrogens with zero attached hydrogens (tertiary/aromatic N) is 2. The zero-order valence-electron chi connectivity index (χ0n) is 52.2. The van der Waals surface area contributed by atoms with Gasteiger partial charge < -0.3 is 19.2 Å². The third-order valence-electron chi connectivity index (χ3n) is 14.1. The van der Waals surface area contributed by atoms with E-state index in [4.69, 9.17) is 30.0 Å². The van der Waals surface area contributed by atoms with E-state index in [1.54, 1.807) is 0 Å². The molecule has 2 atom stereocenters. The van der Waals surface area contributed by atoms with Crippen LogP contribution in [0.1, 0.15) is 109 Å². The quantitative estimate of drug-likeness (QED) is 0.00926. The number of halogens is 1. The van der Waals surface area contributed by atoms with Gasteiger partial charge in [-0.15, -0.1) is 49.8 Å². The molecule has 3 aliphatic rings. The molecule has 0 aromatic heterocycles. The molecule has 460 valence electrons. The van der Waals surface area contributed by atoms with Crippen molar-refractivity contribution in [1.29, 1.82) is 0 Å². The summed E-state index contributed by atoms with van der Waals surface area (Å²) >= 11 is 0. The zero-order valence-corrected chi connectivity index (χ0v) is 68.8. The maximum absolute atomic E-state index is 10.9. The fraction of sp³-hybridized carbons (Fsp3) is 0.355. The Morgan fingerprint density at radius 3 is 1.57 bits per heavy atom. The molecule has 0 amide bonds. The third kappa shape index (κ3) is 38.1. The average molecular weight is 1420 g/mol. The fourth-order valence-corrected chi connectivity index (χ4v) is 10.8. The van der Waals surface area contributed by atoms with E-state index in [2.05, 4.69) is 102 Å². The van der Waals surface area contributed by atoms with Crippen LogP contribution in [0, 0.1) is 12.1 Å². The molecule has 0 saturated carbocycles. The van der Waals surface area contributed by atoms with Gasteiger partial charge in [0.05, 0.1) is 26.8 Å². The van der Waals surface area contributed by atoms with E-state index in [1.165, 1.54) is 39.5 Å². The number of rotatable bonds is 26. The molecule has 4 aromatic rings. The van der Waals surface area contributed by atoms with Gasteiger partial charge >= 0.3 is 227 Å². The molecule has 18 nitrogen and oxygen atoms in total. The number of carbonyl (C=O) groups excluding carboxylic acids is 1. The minimum Gasteiger partial charge on any atom is -0.748 e. The monoisotopic (exact) mass is 1420 g/mol. The van der Waals surface area contributed by atoms with E-state index < -0.39 is 41.5 Å². The van der Waals surface area contributed by atoms with Gasteiger partial charge in [0.25, 0.3) is 6.47 Å². The number of carbonyl (C=O) groups is 1. The van der Waals surface area contributed by atoms with Gasteiger partial charge in [-0.1, -0.05) is 123 Å². The number of benzene rings is 4. The minimum atomic E-state index is -4.15. The Morgan fingerprint density at radius 1 is 0.607 bits per heavy atom. The van der Waals surface area contributed by atoms with E-state index in [0.717, 1.165) is 69.4 Å². The Hall–Kier alpha value is -0.505. The van der Waals surface area contributed by atoms with Crippen LogP contribution in [0.25, 0.3) is 0 Å². The Kier molecular flexibility index (Phi) is 53.9. The SMILES string of the molecule is C(/C=C/C=C/Nc1ccccc1)=[NH+]c1ccccc1.CC1=[N+](CCCC2=C/C=C\C=C/C=C2)c2cc[c-]cc2C1(C)CCCCS(=O)(=O)[O-].CC1=[N+](CCCCCOC=O)c2cc[c-]cc2C1(C)CCCCS(=O)(=O)[O-].Cl.O=S(=O)=O.O=S(=O)=O.[K+].[K+].[K+].[K+]. The van der Waals surface area contributed by atoms with Gasteiger partial charge in [-0.05, 0) is 68.7 Å². The maximum Gasteiger partial charge on any atom is 1.00 e. The molecule has 2 N–H and O–H groups in total. The molecular weight excluding hydrogens is 1340 g/mol. The van der Waals surface area contributed by atoms with Crippen molar-refractivity contribution in [2.45, 2.75) is 109 Å². The summed E-state index contributed by atoms with van der Waals surface area (Å²) in [5.41, 5.74) is 10.5. The standard InChI is InChI=1S/C25H31NO3S.C20H29NO5S.C17H16N2.ClH.4K.2O3S/c1-21-25(2,18-10-11-20-30(27,28)29)23-16-8-9-17-24(23)26(21)19-12-15-22-13-6-4-3-5-7-14-22;1-17-20(2,12-6-9-15-27(23,24)25)18-10-4-5-11-19(18)21(17)13-7-3-8-14-26-16-22;1-4-10-16(11-5-1)18-14-8-3-9-15-19-17-12-6-2-7-13-17;;;;;;2*1-4(2)3/h3-7,9,13-14,16-17H,10-12,15,18-20H2,1-2H3,(H,27,28,29);5,10-11,16H,3,6-9,12-15H2,1-2H3,(H,23,24,25);1-15,18H;1H;;;;;;/q;;;;4*+1;;/p-1/b4-3-,5-3?,6-4?,7-5-,13-6?,14-7?,22-13?,22-14?;;9-3+,14-8+,19-15?;;;;;;;. The van der Waals surface area contributed by atoms with Gasteiger partial charge in [0.15, 0.2) is 17.6 Å². The molecule has 0 spiro atoms. The van der Waals surface area contributed by atoms with Crippen LogP contribution in [-0.2, 0) is 61.8 Å². The summed E-state index contributed by atoms with van der Waals surface area (Å²) in [6.07, 6.45) is 32.9. The first-order valence-electron chi connectivity index (χ1n) is 27.2. The second kappa shape index (κ2) is 51.7. The van der Waals surface area contributed by atoms with Crippen molar-refractivity contribution in [2.24, 2.45) is 0 Å². The predicted molar refractivity (Wildman–Crippen MR) is 332 cm³/mol. The summed E-state index contributed by atoms with van der Waals surface area (Å²) in [5, 5.41) is 3.19. The summed E-state index contributed by atoms with van der Waals surface area (Å²) in [7, 11) is -14.5. The van der Waals surface area contributed by atoms with Crippen LogP contribution in [0.5, 0.6) is 0 Å². The van der Waals surface area contributed by atoms with Crippen LogP contribution in [0.15, 0.2) is 170 Å². The number of unbranched alkanes of at least 4 members (excludes halogenated alkanes) is 4. The molecule has 2 heterocycles. The molecule has 0 fully saturated rings. The number of hydrogen-bond acceptors (Lipinski definition) is 15. The number of ether oxygens (including phenoxy) is 1. The molecule has 27 heteroatoms. The minimum absolute atomic E-state index is 0. The molecule has 1 aliphatic carbocycles. The molecular formula is C62H76ClK4N4O14S4+3. The number of para-hydroxylation sites is 2. The Bertz CT molecular complexity index is 3500. The van der Waals surface area contributed by atoms with Crippen LogP contribution >= 0.6 is 12.4 Å². The maximum atomic E-state index is 10.9. The Morgan fingerprint density at radius 2 is 1.08 bits per heavy atom. The van der Waals surface area contributed by atoms with E-state index >= 15 is 0 Å². The molecule has 2 unspecified atom stereocenters. The van der Waals surface area contributed by atoms with E-state index in [9.17, 15) is 30.7 Å². The van der Waals surface area contributed by atoms with Gasteiger partial charge in [-0.25, -0.2) is 31.0 Å². The first-order chi connectivity index (χ1) is 40.0. The van der Waals surface area contributed by atoms with Crippen molar-refractivity contribution >= 4 is 101 Å². The smallest absolute Gasteiger partial charge is 0.748 e. The summed E-state index contributed by atoms with van der Waals surface area (Å²) < 4.78 is 125. The molecule has 0 bridgehead atoms. The van der Waals surface area contributed by atoms with Crippen LogP contribution in [0.2, 0.25) is 0 Å². The summed E-state index contributed by atoms with van der Waals surface area (Å²) in [6.45, 7) is 11.4. The van der Waals surface area contributed by atoms with E-state index in [-0.39, 0.29) is 240 Å². The summed E-state index contributed by atoms with van der Waals surface area (Å²) in [6, 6.07) is 38.6. The van der Waals surface area contributed by atoms with Crippen molar-refractivity contribution < 1.29 is 280 Å². The van der Waals surface area contributed by atoms with Gasteiger partial charge in [-0.3, -0.25) is 4.79 Å². The molecule has 0 radical (unpaired) electrons. The Labute approximate surface area is 706 Å². The molecule has 89 heavy (non-hydrogen) atoms. The zero-order chi connectivity index (χ0) is 61.9. The third-order valence-corrected chi connectivity index (χ3v) is 15.7. The van der Waals surface area contributed by atoms with Gasteiger partial charge in [-0.2, -0.15) is 36.4 Å². The van der Waals surface area contributed by atoms with Crippen LogP contribution < -0.4 is 216 Å². The first-order valence-corrected chi connectivity index (χ1v) is 32.4. The van der Waals surface area contributed by atoms with Gasteiger partial charge in [0.1, 0.15) is 24.5 Å². The normalized spacial score (nSPS) is 16.6. The van der Waals surface area contributed by atoms with E-state index in [1.807, 2.05) is 128 Å². The Balaban J connectivity index is -0.00000116. The van der Waals surface area contributed by atoms with E-state index in [0.29, 0.717) is 38.8 Å². The first kappa shape index (κ1) is 92.7.